The van der Waals surface area contributed by atoms with Crippen LogP contribution in [-0.4, -0.2) is 9.55 Å². The second kappa shape index (κ2) is 5.32. The van der Waals surface area contributed by atoms with Crippen molar-refractivity contribution < 1.29 is 0 Å². The number of hydrogen-bond acceptors (Lipinski definition) is 1. The summed E-state index contributed by atoms with van der Waals surface area (Å²) in [6.45, 7) is 8.54. The van der Waals surface area contributed by atoms with E-state index in [0.29, 0.717) is 12.5 Å². The number of nitrogens with zero attached hydrogens (tertiary/aromatic N) is 1. The minimum atomic E-state index is 0.603. The minimum Gasteiger partial charge on any atom is -0.331 e. The molecule has 0 aromatic carbocycles. The van der Waals surface area contributed by atoms with E-state index in [-0.39, 0.29) is 0 Å². The van der Waals surface area contributed by atoms with Crippen LogP contribution in [0.25, 0.3) is 12.7 Å². The smallest absolute Gasteiger partial charge is 0.178 e. The van der Waals surface area contributed by atoms with Crippen molar-refractivity contribution in [3.63, 3.8) is 0 Å². The van der Waals surface area contributed by atoms with Gasteiger partial charge in [0.2, 0.25) is 0 Å². The average molecular weight is 246 g/mol. The first-order valence-electron chi connectivity index (χ1n) is 5.98. The monoisotopic (exact) mass is 246 g/mol. The Morgan fingerprint density at radius 3 is 3.00 bits per heavy atom. The molecule has 0 saturated carbocycles. The zero-order chi connectivity index (χ0) is 12.3. The van der Waals surface area contributed by atoms with Gasteiger partial charge in [-0.1, -0.05) is 30.9 Å². The molecule has 1 aliphatic carbocycles. The van der Waals surface area contributed by atoms with Crippen LogP contribution in [0.15, 0.2) is 24.8 Å². The van der Waals surface area contributed by atoms with Gasteiger partial charge in [-0.15, -0.1) is 6.58 Å². The standard InChI is InChI=1S/C14H18N2S/c1-3-9-16-11(2)13(15-14(16)17)10-12-7-5-4-6-8-12/h3-5,10,12H,1-2,6-9H2,(H,15,17)/b13-10+. The average Bonchev–Trinajstić information content (AvgIpc) is 2.59. The summed E-state index contributed by atoms with van der Waals surface area (Å²) in [7, 11) is 0. The first-order chi connectivity index (χ1) is 8.22. The Hall–Kier alpha value is -1.35. The van der Waals surface area contributed by atoms with E-state index in [1.807, 2.05) is 10.6 Å². The molecular formula is C14H18N2S. The summed E-state index contributed by atoms with van der Waals surface area (Å²) in [5.74, 6) is 0.603. The van der Waals surface area contributed by atoms with Gasteiger partial charge in [0.15, 0.2) is 4.77 Å². The highest BCUT2D eigenvalue weighted by Gasteiger charge is 2.07. The molecule has 0 spiro atoms. The molecule has 1 aromatic heterocycles. The fourth-order valence-electron chi connectivity index (χ4n) is 2.19. The van der Waals surface area contributed by atoms with E-state index in [2.05, 4.69) is 36.4 Å². The second-order valence-electron chi connectivity index (χ2n) is 4.40. The molecular weight excluding hydrogens is 228 g/mol. The van der Waals surface area contributed by atoms with Crippen LogP contribution in [0.2, 0.25) is 0 Å². The second-order valence-corrected chi connectivity index (χ2v) is 4.79. The number of nitrogens with one attached hydrogen (secondary N) is 1. The molecule has 3 heteroatoms. The lowest BCUT2D eigenvalue weighted by atomic mass is 9.94. The summed E-state index contributed by atoms with van der Waals surface area (Å²) in [5, 5.41) is 2.03. The van der Waals surface area contributed by atoms with Gasteiger partial charge in [0.25, 0.3) is 0 Å². The van der Waals surface area contributed by atoms with Gasteiger partial charge in [-0.2, -0.15) is 0 Å². The molecule has 90 valence electrons. The maximum atomic E-state index is 5.28. The minimum absolute atomic E-state index is 0.603. The molecule has 1 unspecified atom stereocenters. The highest BCUT2D eigenvalue weighted by Crippen LogP contribution is 2.18. The van der Waals surface area contributed by atoms with E-state index in [1.54, 1.807) is 0 Å². The van der Waals surface area contributed by atoms with Crippen molar-refractivity contribution in [2.75, 3.05) is 0 Å². The van der Waals surface area contributed by atoms with Gasteiger partial charge in [-0.05, 0) is 37.4 Å². The third kappa shape index (κ3) is 2.67. The Kier molecular flexibility index (Phi) is 3.79. The normalized spacial score (nSPS) is 20.7. The van der Waals surface area contributed by atoms with Crippen molar-refractivity contribution in [3.05, 3.63) is 40.3 Å². The van der Waals surface area contributed by atoms with E-state index >= 15 is 0 Å². The Bertz CT molecular complexity index is 589. The summed E-state index contributed by atoms with van der Waals surface area (Å²) in [6.07, 6.45) is 12.1. The Labute approximate surface area is 107 Å². The molecule has 1 atom stereocenters. The van der Waals surface area contributed by atoms with Gasteiger partial charge < -0.3 is 9.55 Å². The van der Waals surface area contributed by atoms with Gasteiger partial charge >= 0.3 is 0 Å². The van der Waals surface area contributed by atoms with E-state index in [9.17, 15) is 0 Å². The van der Waals surface area contributed by atoms with Crippen molar-refractivity contribution in [1.82, 2.24) is 9.55 Å². The number of aromatic nitrogens is 2. The molecule has 1 aromatic rings. The highest BCUT2D eigenvalue weighted by atomic mass is 32.1. The topological polar surface area (TPSA) is 20.7 Å². The summed E-state index contributed by atoms with van der Waals surface area (Å²) >= 11 is 5.28. The summed E-state index contributed by atoms with van der Waals surface area (Å²) in [4.78, 5) is 3.23. The van der Waals surface area contributed by atoms with Gasteiger partial charge in [0.1, 0.15) is 0 Å². The van der Waals surface area contributed by atoms with Gasteiger partial charge in [-0.3, -0.25) is 0 Å². The SMILES string of the molecule is C=CCn1c(=S)[nH]/c(=C/C2CC=CCC2)c1=C. The van der Waals surface area contributed by atoms with E-state index in [4.69, 9.17) is 12.2 Å². The first-order valence-corrected chi connectivity index (χ1v) is 6.38. The molecule has 1 heterocycles. The lowest BCUT2D eigenvalue weighted by molar-refractivity contribution is 0.611. The molecule has 1 aliphatic rings. The quantitative estimate of drug-likeness (QED) is 0.641. The number of H-pyrrole nitrogens is 1. The van der Waals surface area contributed by atoms with Crippen LogP contribution in [0.5, 0.6) is 0 Å². The Balaban J connectivity index is 2.39. The first kappa shape index (κ1) is 12.1. The summed E-state index contributed by atoms with van der Waals surface area (Å²) in [5.41, 5.74) is 0. The van der Waals surface area contributed by atoms with Crippen LogP contribution in [0, 0.1) is 10.7 Å². The van der Waals surface area contributed by atoms with Crippen molar-refractivity contribution in [1.29, 1.82) is 0 Å². The van der Waals surface area contributed by atoms with E-state index in [1.165, 1.54) is 12.8 Å². The lowest BCUT2D eigenvalue weighted by Crippen LogP contribution is -2.29. The molecule has 2 rings (SSSR count). The number of aromatic amines is 1. The third-order valence-corrected chi connectivity index (χ3v) is 3.47. The van der Waals surface area contributed by atoms with E-state index in [0.717, 1.165) is 21.9 Å². The Morgan fingerprint density at radius 1 is 1.53 bits per heavy atom. The largest absolute Gasteiger partial charge is 0.331 e. The Morgan fingerprint density at radius 2 is 2.35 bits per heavy atom. The highest BCUT2D eigenvalue weighted by molar-refractivity contribution is 7.71. The zero-order valence-corrected chi connectivity index (χ0v) is 10.8. The number of imidazole rings is 1. The van der Waals surface area contributed by atoms with Crippen molar-refractivity contribution >= 4 is 24.9 Å². The predicted octanol–water partition coefficient (Wildman–Crippen LogP) is 2.28. The summed E-state index contributed by atoms with van der Waals surface area (Å²) < 4.78 is 2.71. The number of allylic oxidation sites excluding steroid dienone is 3. The lowest BCUT2D eigenvalue weighted by Gasteiger charge is -2.12. The molecule has 0 saturated heterocycles. The summed E-state index contributed by atoms with van der Waals surface area (Å²) in [6, 6.07) is 0. The fraction of sp³-hybridized carbons (Fsp3) is 0.357. The number of hydrogen-bond donors (Lipinski definition) is 1. The molecule has 2 nitrogen and oxygen atoms in total. The third-order valence-electron chi connectivity index (χ3n) is 3.15. The van der Waals surface area contributed by atoms with Crippen molar-refractivity contribution in [3.8, 4) is 0 Å². The van der Waals surface area contributed by atoms with Crippen LogP contribution in [-0.2, 0) is 6.54 Å². The molecule has 0 radical (unpaired) electrons. The zero-order valence-electron chi connectivity index (χ0n) is 9.98. The molecule has 17 heavy (non-hydrogen) atoms. The van der Waals surface area contributed by atoms with Crippen LogP contribution in [0.3, 0.4) is 0 Å². The van der Waals surface area contributed by atoms with E-state index < -0.39 is 0 Å². The number of rotatable bonds is 3. The molecule has 0 fully saturated rings. The van der Waals surface area contributed by atoms with Crippen LogP contribution >= 0.6 is 12.2 Å². The van der Waals surface area contributed by atoms with Gasteiger partial charge in [0.05, 0.1) is 10.7 Å². The predicted molar refractivity (Wildman–Crippen MR) is 75.5 cm³/mol. The van der Waals surface area contributed by atoms with Crippen LogP contribution < -0.4 is 10.7 Å². The fourth-order valence-corrected chi connectivity index (χ4v) is 2.48. The maximum Gasteiger partial charge on any atom is 0.178 e. The van der Waals surface area contributed by atoms with Crippen molar-refractivity contribution in [2.45, 2.75) is 25.8 Å². The molecule has 0 amide bonds. The van der Waals surface area contributed by atoms with Gasteiger partial charge in [0, 0.05) is 6.54 Å². The maximum absolute atomic E-state index is 5.28. The van der Waals surface area contributed by atoms with Crippen LogP contribution in [0.4, 0.5) is 0 Å². The molecule has 1 N–H and O–H groups in total. The van der Waals surface area contributed by atoms with Crippen LogP contribution in [0.1, 0.15) is 19.3 Å². The van der Waals surface area contributed by atoms with Crippen molar-refractivity contribution in [2.24, 2.45) is 5.92 Å². The molecule has 0 bridgehead atoms. The molecule has 0 aliphatic heterocycles. The van der Waals surface area contributed by atoms with Gasteiger partial charge in [-0.25, -0.2) is 0 Å².